The lowest BCUT2D eigenvalue weighted by Crippen LogP contribution is -2.36. The molecule has 188 valence electrons. The van der Waals surface area contributed by atoms with E-state index in [2.05, 4.69) is 15.2 Å². The molecule has 10 heteroatoms. The molecule has 35 heavy (non-hydrogen) atoms. The fourth-order valence-corrected chi connectivity index (χ4v) is 3.84. The Morgan fingerprint density at radius 2 is 1.86 bits per heavy atom. The molecule has 0 aromatic heterocycles. The largest absolute Gasteiger partial charge is 0.493 e. The van der Waals surface area contributed by atoms with Gasteiger partial charge in [0.1, 0.15) is 6.04 Å². The van der Waals surface area contributed by atoms with Crippen molar-refractivity contribution in [3.8, 4) is 23.0 Å². The van der Waals surface area contributed by atoms with E-state index in [-0.39, 0.29) is 17.4 Å². The molecule has 4 rings (SSSR count). The Labute approximate surface area is 202 Å². The van der Waals surface area contributed by atoms with Crippen LogP contribution in [-0.2, 0) is 4.79 Å². The second kappa shape index (κ2) is 11.2. The third kappa shape index (κ3) is 6.52. The molecule has 0 radical (unpaired) electrons. The number of amides is 1. The quantitative estimate of drug-likeness (QED) is 0.467. The van der Waals surface area contributed by atoms with Crippen molar-refractivity contribution in [1.82, 2.24) is 5.01 Å². The van der Waals surface area contributed by atoms with Crippen LogP contribution in [0.5, 0.6) is 23.0 Å². The van der Waals surface area contributed by atoms with E-state index in [1.54, 1.807) is 48.7 Å². The van der Waals surface area contributed by atoms with Gasteiger partial charge < -0.3 is 24.3 Å². The summed E-state index contributed by atoms with van der Waals surface area (Å²) in [4.78, 5) is 12.9. The molecule has 1 heterocycles. The summed E-state index contributed by atoms with van der Waals surface area (Å²) >= 11 is 0. The van der Waals surface area contributed by atoms with E-state index in [1.165, 1.54) is 13.2 Å². The van der Waals surface area contributed by atoms with Gasteiger partial charge in [-0.25, -0.2) is 0 Å². The zero-order valence-corrected chi connectivity index (χ0v) is 19.7. The number of hydrogen-bond donors (Lipinski definition) is 1. The first kappa shape index (κ1) is 24.6. The third-order valence-corrected chi connectivity index (χ3v) is 5.89. The van der Waals surface area contributed by atoms with E-state index < -0.39 is 12.7 Å². The number of carbonyl (C=O) groups is 1. The second-order valence-electron chi connectivity index (χ2n) is 8.46. The minimum Gasteiger partial charge on any atom is -0.493 e. The molecule has 1 amide bonds. The van der Waals surface area contributed by atoms with Gasteiger partial charge in [0.2, 0.25) is 5.91 Å². The number of rotatable bonds is 11. The van der Waals surface area contributed by atoms with Crippen LogP contribution >= 0.6 is 0 Å². The molecule has 1 atom stereocenters. The van der Waals surface area contributed by atoms with Crippen molar-refractivity contribution < 1.29 is 32.5 Å². The van der Waals surface area contributed by atoms with Gasteiger partial charge in [-0.05, 0) is 67.5 Å². The molecule has 0 unspecified atom stereocenters. The molecule has 1 saturated heterocycles. The highest BCUT2D eigenvalue weighted by molar-refractivity contribution is 5.95. The Morgan fingerprint density at radius 1 is 1.09 bits per heavy atom. The van der Waals surface area contributed by atoms with Crippen LogP contribution in [0.4, 0.5) is 14.5 Å². The van der Waals surface area contributed by atoms with E-state index in [4.69, 9.17) is 14.2 Å². The molecule has 1 aliphatic heterocycles. The van der Waals surface area contributed by atoms with Crippen LogP contribution in [0, 0.1) is 5.92 Å². The number of hydrazone groups is 1. The molecule has 2 aromatic carbocycles. The lowest BCUT2D eigenvalue weighted by molar-refractivity contribution is -0.120. The predicted octanol–water partition coefficient (Wildman–Crippen LogP) is 4.53. The summed E-state index contributed by atoms with van der Waals surface area (Å²) in [5, 5.41) is 9.13. The predicted molar refractivity (Wildman–Crippen MR) is 127 cm³/mol. The summed E-state index contributed by atoms with van der Waals surface area (Å²) in [6, 6.07) is 9.42. The van der Waals surface area contributed by atoms with Crippen LogP contribution in [0.2, 0.25) is 0 Å². The van der Waals surface area contributed by atoms with Crippen LogP contribution < -0.4 is 24.3 Å². The van der Waals surface area contributed by atoms with Crippen molar-refractivity contribution in [2.24, 2.45) is 11.0 Å². The minimum atomic E-state index is -2.94. The van der Waals surface area contributed by atoms with Crippen LogP contribution in [-0.4, -0.2) is 57.2 Å². The van der Waals surface area contributed by atoms with Gasteiger partial charge in [0, 0.05) is 18.3 Å². The molecule has 0 bridgehead atoms. The Morgan fingerprint density at radius 3 is 2.57 bits per heavy atom. The minimum absolute atomic E-state index is 0.00820. The zero-order chi connectivity index (χ0) is 24.8. The lowest BCUT2D eigenvalue weighted by Gasteiger charge is -2.21. The van der Waals surface area contributed by atoms with Gasteiger partial charge in [-0.15, -0.1) is 0 Å². The maximum Gasteiger partial charge on any atom is 0.387 e. The maximum atomic E-state index is 12.9. The number of hydrogen-bond acceptors (Lipinski definition) is 7. The van der Waals surface area contributed by atoms with Gasteiger partial charge in [0.25, 0.3) is 0 Å². The molecule has 0 spiro atoms. The number of methoxy groups -OCH3 is 2. The maximum absolute atomic E-state index is 12.9. The van der Waals surface area contributed by atoms with Crippen LogP contribution in [0.3, 0.4) is 0 Å². The average molecular weight is 490 g/mol. The Hall–Kier alpha value is -3.56. The van der Waals surface area contributed by atoms with E-state index in [1.807, 2.05) is 0 Å². The SMILES string of the molecule is COc1ccc(NC(=O)[C@@H]2CCCN2/N=C/c2ccc(OC(F)F)c(OCC3CC3)c2)cc1OC. The standard InChI is InChI=1S/C25H29F2N3O5/c1-32-20-10-8-18(13-22(20)33-2)29-24(31)19-4-3-11-30(19)28-14-17-7-9-21(35-25(26)27)23(12-17)34-15-16-5-6-16/h7-10,12-14,16,19,25H,3-6,11,15H2,1-2H3,(H,29,31)/b28-14+/t19-/m0/s1. The second-order valence-corrected chi connectivity index (χ2v) is 8.46. The normalized spacial score (nSPS) is 17.6. The Bertz CT molecular complexity index is 1060. The van der Waals surface area contributed by atoms with Crippen molar-refractivity contribution in [2.45, 2.75) is 38.3 Å². The summed E-state index contributed by atoms with van der Waals surface area (Å²) < 4.78 is 46.3. The fourth-order valence-electron chi connectivity index (χ4n) is 3.84. The number of halogens is 2. The van der Waals surface area contributed by atoms with E-state index in [0.717, 1.165) is 19.3 Å². The van der Waals surface area contributed by atoms with Crippen molar-refractivity contribution in [3.05, 3.63) is 42.0 Å². The van der Waals surface area contributed by atoms with Crippen molar-refractivity contribution in [1.29, 1.82) is 0 Å². The first-order chi connectivity index (χ1) is 17.0. The number of nitrogens with one attached hydrogen (secondary N) is 1. The van der Waals surface area contributed by atoms with Crippen molar-refractivity contribution in [3.63, 3.8) is 0 Å². The Balaban J connectivity index is 1.43. The first-order valence-electron chi connectivity index (χ1n) is 11.5. The van der Waals surface area contributed by atoms with E-state index >= 15 is 0 Å². The molecular weight excluding hydrogens is 460 g/mol. The number of benzene rings is 2. The van der Waals surface area contributed by atoms with Crippen molar-refractivity contribution >= 4 is 17.8 Å². The van der Waals surface area contributed by atoms with Gasteiger partial charge in [-0.3, -0.25) is 9.80 Å². The van der Waals surface area contributed by atoms with Gasteiger partial charge in [-0.1, -0.05) is 0 Å². The summed E-state index contributed by atoms with van der Waals surface area (Å²) in [5.74, 6) is 1.62. The molecule has 1 saturated carbocycles. The van der Waals surface area contributed by atoms with Gasteiger partial charge in [-0.2, -0.15) is 13.9 Å². The molecule has 8 nitrogen and oxygen atoms in total. The van der Waals surface area contributed by atoms with E-state index in [0.29, 0.717) is 48.2 Å². The fraction of sp³-hybridized carbons (Fsp3) is 0.440. The molecular formula is C25H29F2N3O5. The van der Waals surface area contributed by atoms with Crippen molar-refractivity contribution in [2.75, 3.05) is 32.7 Å². The first-order valence-corrected chi connectivity index (χ1v) is 11.5. The molecule has 2 fully saturated rings. The van der Waals surface area contributed by atoms with Crippen LogP contribution in [0.1, 0.15) is 31.2 Å². The van der Waals surface area contributed by atoms with Gasteiger partial charge in [0.05, 0.1) is 27.0 Å². The van der Waals surface area contributed by atoms with Crippen LogP contribution in [0.25, 0.3) is 0 Å². The summed E-state index contributed by atoms with van der Waals surface area (Å²) in [6.45, 7) is -1.85. The highest BCUT2D eigenvalue weighted by atomic mass is 19.3. The molecule has 1 N–H and O–H groups in total. The number of ether oxygens (including phenoxy) is 4. The topological polar surface area (TPSA) is 81.6 Å². The summed E-state index contributed by atoms with van der Waals surface area (Å²) in [6.07, 6.45) is 5.23. The van der Waals surface area contributed by atoms with Gasteiger partial charge in [0.15, 0.2) is 23.0 Å². The number of anilines is 1. The lowest BCUT2D eigenvalue weighted by atomic mass is 10.2. The number of carbonyl (C=O) groups excluding carboxylic acids is 1. The van der Waals surface area contributed by atoms with Crippen LogP contribution in [0.15, 0.2) is 41.5 Å². The van der Waals surface area contributed by atoms with Gasteiger partial charge >= 0.3 is 6.61 Å². The number of alkyl halides is 2. The molecule has 2 aromatic rings. The molecule has 2 aliphatic rings. The summed E-state index contributed by atoms with van der Waals surface area (Å²) in [7, 11) is 3.08. The third-order valence-electron chi connectivity index (χ3n) is 5.89. The molecule has 1 aliphatic carbocycles. The smallest absolute Gasteiger partial charge is 0.387 e. The monoisotopic (exact) mass is 489 g/mol. The highest BCUT2D eigenvalue weighted by Gasteiger charge is 2.30. The highest BCUT2D eigenvalue weighted by Crippen LogP contribution is 2.34. The van der Waals surface area contributed by atoms with E-state index in [9.17, 15) is 13.6 Å². The summed E-state index contributed by atoms with van der Waals surface area (Å²) in [5.41, 5.74) is 1.25. The number of nitrogens with zero attached hydrogens (tertiary/aromatic N) is 2. The zero-order valence-electron chi connectivity index (χ0n) is 19.7. The average Bonchev–Trinajstić information content (AvgIpc) is 3.56. The Kier molecular flexibility index (Phi) is 7.89.